The predicted molar refractivity (Wildman–Crippen MR) is 130 cm³/mol. The summed E-state index contributed by atoms with van der Waals surface area (Å²) in [7, 11) is 1.61. The van der Waals surface area contributed by atoms with E-state index in [0.29, 0.717) is 37.7 Å². The molecule has 0 bridgehead atoms. The lowest BCUT2D eigenvalue weighted by molar-refractivity contribution is -0.126. The molecule has 1 saturated heterocycles. The Morgan fingerprint density at radius 2 is 2.09 bits per heavy atom. The highest BCUT2D eigenvalue weighted by atomic mass is 19.1. The van der Waals surface area contributed by atoms with Gasteiger partial charge in [-0.05, 0) is 49.6 Å². The van der Waals surface area contributed by atoms with Crippen molar-refractivity contribution in [3.8, 4) is 5.75 Å². The summed E-state index contributed by atoms with van der Waals surface area (Å²) in [6, 6.07) is 6.99. The predicted octanol–water partition coefficient (Wildman–Crippen LogP) is 3.21. The van der Waals surface area contributed by atoms with E-state index in [9.17, 15) is 9.59 Å². The first-order chi connectivity index (χ1) is 17.0. The van der Waals surface area contributed by atoms with Crippen LogP contribution in [-0.2, 0) is 16.1 Å². The van der Waals surface area contributed by atoms with Crippen LogP contribution in [0.3, 0.4) is 0 Å². The van der Waals surface area contributed by atoms with Gasteiger partial charge in [-0.2, -0.15) is 0 Å². The van der Waals surface area contributed by atoms with E-state index in [1.807, 2.05) is 0 Å². The first-order valence-electron chi connectivity index (χ1n) is 11.7. The van der Waals surface area contributed by atoms with Gasteiger partial charge in [-0.3, -0.25) is 9.59 Å². The Morgan fingerprint density at radius 1 is 1.29 bits per heavy atom. The number of hydrogen-bond donors (Lipinski definition) is 3. The van der Waals surface area contributed by atoms with E-state index < -0.39 is 5.82 Å². The van der Waals surface area contributed by atoms with Crippen molar-refractivity contribution in [3.05, 3.63) is 53.9 Å². The number of carbonyl (C=O) groups is 2. The van der Waals surface area contributed by atoms with Gasteiger partial charge in [0, 0.05) is 44.0 Å². The second-order valence-electron chi connectivity index (χ2n) is 8.48. The fourth-order valence-corrected chi connectivity index (χ4v) is 4.26. The molecule has 2 aliphatic heterocycles. The second-order valence-corrected chi connectivity index (χ2v) is 8.48. The summed E-state index contributed by atoms with van der Waals surface area (Å²) in [5.41, 5.74) is 1.13. The van der Waals surface area contributed by atoms with Gasteiger partial charge in [0.25, 0.3) is 5.91 Å². The van der Waals surface area contributed by atoms with Gasteiger partial charge in [0.15, 0.2) is 11.6 Å². The number of pyridine rings is 1. The lowest BCUT2D eigenvalue weighted by Crippen LogP contribution is -2.38. The average molecular weight is 484 g/mol. The minimum absolute atomic E-state index is 0.0557. The Labute approximate surface area is 203 Å². The highest BCUT2D eigenvalue weighted by Crippen LogP contribution is 2.32. The van der Waals surface area contributed by atoms with E-state index in [0.717, 1.165) is 19.3 Å². The van der Waals surface area contributed by atoms with Crippen LogP contribution in [0.5, 0.6) is 5.75 Å². The molecule has 0 spiro atoms. The van der Waals surface area contributed by atoms with Crippen LogP contribution in [0.15, 0.2) is 36.9 Å². The van der Waals surface area contributed by atoms with Crippen LogP contribution in [0.4, 0.5) is 21.7 Å². The molecule has 2 aliphatic rings. The first-order valence-corrected chi connectivity index (χ1v) is 11.7. The maximum atomic E-state index is 15.4. The topological polar surface area (TPSA) is 105 Å². The Hall–Kier alpha value is -3.66. The first kappa shape index (κ1) is 24.5. The molecule has 2 amide bonds. The molecular formula is C25H30FN5O4. The molecule has 1 fully saturated rings. The lowest BCUT2D eigenvalue weighted by atomic mass is 10.1. The van der Waals surface area contributed by atoms with Gasteiger partial charge in [0.1, 0.15) is 18.2 Å². The highest BCUT2D eigenvalue weighted by Gasteiger charge is 2.31. The van der Waals surface area contributed by atoms with Crippen LogP contribution in [0.2, 0.25) is 0 Å². The van der Waals surface area contributed by atoms with Crippen molar-refractivity contribution >= 4 is 29.1 Å². The maximum absolute atomic E-state index is 15.4. The van der Waals surface area contributed by atoms with Crippen LogP contribution < -0.4 is 20.7 Å². The van der Waals surface area contributed by atoms with Crippen molar-refractivity contribution in [1.29, 1.82) is 0 Å². The van der Waals surface area contributed by atoms with Crippen LogP contribution in [-0.4, -0.2) is 61.2 Å². The Bertz CT molecular complexity index is 1090. The number of benzene rings is 1. The smallest absolute Gasteiger partial charge is 0.255 e. The number of methoxy groups -OCH3 is 1. The van der Waals surface area contributed by atoms with Gasteiger partial charge in [-0.15, -0.1) is 0 Å². The van der Waals surface area contributed by atoms with Gasteiger partial charge in [-0.25, -0.2) is 9.37 Å². The van der Waals surface area contributed by atoms with E-state index in [1.54, 1.807) is 36.3 Å². The molecule has 35 heavy (non-hydrogen) atoms. The SMILES string of the molecule is C=CC(=O)N1CCCCC(Nc2nc(Nc3ccc(OCCOC)cc3)c3c(c2F)CNC3=O)C1. The lowest BCUT2D eigenvalue weighted by Gasteiger charge is -2.25. The molecule has 0 aliphatic carbocycles. The molecule has 1 atom stereocenters. The van der Waals surface area contributed by atoms with Crippen molar-refractivity contribution in [3.63, 3.8) is 0 Å². The molecule has 1 aromatic carbocycles. The normalized spacial score (nSPS) is 17.3. The Kier molecular flexibility index (Phi) is 7.81. The number of hydrogen-bond acceptors (Lipinski definition) is 7. The van der Waals surface area contributed by atoms with Crippen molar-refractivity contribution in [2.75, 3.05) is 44.0 Å². The second kappa shape index (κ2) is 11.2. The van der Waals surface area contributed by atoms with Gasteiger partial charge >= 0.3 is 0 Å². The number of likely N-dealkylation sites (tertiary alicyclic amines) is 1. The van der Waals surface area contributed by atoms with E-state index in [2.05, 4.69) is 27.5 Å². The molecule has 3 N–H and O–H groups in total. The maximum Gasteiger partial charge on any atom is 0.255 e. The number of ether oxygens (including phenoxy) is 2. The quantitative estimate of drug-likeness (QED) is 0.372. The van der Waals surface area contributed by atoms with Crippen LogP contribution in [0.25, 0.3) is 0 Å². The monoisotopic (exact) mass is 483 g/mol. The van der Waals surface area contributed by atoms with Crippen LogP contribution in [0, 0.1) is 5.82 Å². The van der Waals surface area contributed by atoms with Gasteiger partial charge in [-0.1, -0.05) is 6.58 Å². The van der Waals surface area contributed by atoms with E-state index in [4.69, 9.17) is 9.47 Å². The van der Waals surface area contributed by atoms with Crippen LogP contribution in [0.1, 0.15) is 35.2 Å². The third kappa shape index (κ3) is 5.71. The summed E-state index contributed by atoms with van der Waals surface area (Å²) in [5, 5.41) is 9.00. The molecule has 1 unspecified atom stereocenters. The third-order valence-electron chi connectivity index (χ3n) is 6.06. The summed E-state index contributed by atoms with van der Waals surface area (Å²) in [6.07, 6.45) is 3.83. The highest BCUT2D eigenvalue weighted by molar-refractivity contribution is 6.03. The van der Waals surface area contributed by atoms with Gasteiger partial charge in [0.05, 0.1) is 12.2 Å². The minimum atomic E-state index is -0.559. The number of aromatic nitrogens is 1. The van der Waals surface area contributed by atoms with Crippen molar-refractivity contribution in [1.82, 2.24) is 15.2 Å². The molecule has 186 valence electrons. The fraction of sp³-hybridized carbons (Fsp3) is 0.400. The molecule has 0 radical (unpaired) electrons. The summed E-state index contributed by atoms with van der Waals surface area (Å²) >= 11 is 0. The standard InChI is InChI=1S/C25H30FN5O4/c1-3-20(32)31-11-5-4-6-17(15-31)29-24-22(26)19-14-27-25(33)21(19)23(30-24)28-16-7-9-18(10-8-16)35-13-12-34-2/h3,7-10,17H,1,4-6,11-15H2,2H3,(H,27,33)(H2,28,29,30). The Balaban J connectivity index is 1.56. The molecule has 4 rings (SSSR count). The number of carbonyl (C=O) groups excluding carboxylic acids is 2. The van der Waals surface area contributed by atoms with Crippen LogP contribution >= 0.6 is 0 Å². The van der Waals surface area contributed by atoms with E-state index >= 15 is 4.39 Å². The van der Waals surface area contributed by atoms with Gasteiger partial charge < -0.3 is 30.3 Å². The average Bonchev–Trinajstić information content (AvgIpc) is 3.10. The number of amides is 2. The zero-order chi connectivity index (χ0) is 24.8. The van der Waals surface area contributed by atoms with Gasteiger partial charge in [0.2, 0.25) is 5.91 Å². The number of nitrogens with one attached hydrogen (secondary N) is 3. The fourth-order valence-electron chi connectivity index (χ4n) is 4.26. The van der Waals surface area contributed by atoms with Crippen molar-refractivity contribution in [2.24, 2.45) is 0 Å². The molecule has 1 aromatic heterocycles. The number of rotatable bonds is 9. The molecule has 10 heteroatoms. The number of nitrogens with zero attached hydrogens (tertiary/aromatic N) is 2. The number of halogens is 1. The number of anilines is 3. The molecule has 2 aromatic rings. The largest absolute Gasteiger partial charge is 0.491 e. The zero-order valence-electron chi connectivity index (χ0n) is 19.7. The number of fused-ring (bicyclic) bond motifs is 1. The Morgan fingerprint density at radius 3 is 2.83 bits per heavy atom. The molecule has 3 heterocycles. The minimum Gasteiger partial charge on any atom is -0.491 e. The molecular weight excluding hydrogens is 453 g/mol. The molecule has 9 nitrogen and oxygen atoms in total. The third-order valence-corrected chi connectivity index (χ3v) is 6.06. The van der Waals surface area contributed by atoms with Crippen molar-refractivity contribution < 1.29 is 23.5 Å². The van der Waals surface area contributed by atoms with Crippen molar-refractivity contribution in [2.45, 2.75) is 31.8 Å². The molecule has 0 saturated carbocycles. The summed E-state index contributed by atoms with van der Waals surface area (Å²) in [6.45, 7) is 5.63. The van der Waals surface area contributed by atoms with E-state index in [1.165, 1.54) is 6.08 Å². The van der Waals surface area contributed by atoms with E-state index in [-0.39, 0.29) is 47.2 Å². The zero-order valence-corrected chi connectivity index (χ0v) is 19.7. The summed E-state index contributed by atoms with van der Waals surface area (Å²) < 4.78 is 25.9. The summed E-state index contributed by atoms with van der Waals surface area (Å²) in [4.78, 5) is 30.8. The summed E-state index contributed by atoms with van der Waals surface area (Å²) in [5.74, 6) is -0.0848.